The number of benzene rings is 1. The molecule has 2 aromatic rings. The summed E-state index contributed by atoms with van der Waals surface area (Å²) >= 11 is 0. The molecule has 0 aliphatic heterocycles. The van der Waals surface area contributed by atoms with E-state index in [4.69, 9.17) is 9.57 Å². The topological polar surface area (TPSA) is 53.3 Å². The van der Waals surface area contributed by atoms with E-state index < -0.39 is 0 Å². The van der Waals surface area contributed by atoms with E-state index in [-0.39, 0.29) is 11.6 Å². The molecule has 0 unspecified atom stereocenters. The second kappa shape index (κ2) is 3.84. The van der Waals surface area contributed by atoms with Crippen LogP contribution in [-0.2, 0) is 0 Å². The van der Waals surface area contributed by atoms with E-state index >= 15 is 0 Å². The van der Waals surface area contributed by atoms with Crippen molar-refractivity contribution in [2.45, 2.75) is 6.92 Å². The lowest BCUT2D eigenvalue weighted by molar-refractivity contribution is 0.124. The Bertz CT molecular complexity index is 590. The van der Waals surface area contributed by atoms with Crippen molar-refractivity contribution in [2.75, 3.05) is 14.2 Å². The molecule has 5 nitrogen and oxygen atoms in total. The molecule has 84 valence electrons. The largest absolute Gasteiger partial charge is 0.466 e. The standard InChI is InChI=1S/C11H12N2O3/c1-7-4-5-8-9(6-7)12-11(15-2)13(16-3)10(8)14/h4-6H,1-3H3. The molecule has 5 heteroatoms. The Hall–Kier alpha value is -2.04. The van der Waals surface area contributed by atoms with Crippen molar-refractivity contribution in [2.24, 2.45) is 0 Å². The van der Waals surface area contributed by atoms with Crippen molar-refractivity contribution < 1.29 is 9.57 Å². The van der Waals surface area contributed by atoms with Crippen LogP contribution in [0.1, 0.15) is 5.56 Å². The summed E-state index contributed by atoms with van der Waals surface area (Å²) in [5.74, 6) is 0. The lowest BCUT2D eigenvalue weighted by Crippen LogP contribution is -2.27. The highest BCUT2D eigenvalue weighted by Gasteiger charge is 2.11. The summed E-state index contributed by atoms with van der Waals surface area (Å²) in [6.07, 6.45) is 0. The predicted molar refractivity (Wildman–Crippen MR) is 59.8 cm³/mol. The Balaban J connectivity index is 2.87. The van der Waals surface area contributed by atoms with Gasteiger partial charge in [-0.2, -0.15) is 4.98 Å². The van der Waals surface area contributed by atoms with Crippen LogP contribution in [-0.4, -0.2) is 23.9 Å². The van der Waals surface area contributed by atoms with Crippen molar-refractivity contribution in [1.82, 2.24) is 9.71 Å². The molecule has 0 atom stereocenters. The Morgan fingerprint density at radius 2 is 2.06 bits per heavy atom. The third-order valence-corrected chi connectivity index (χ3v) is 2.32. The fourth-order valence-corrected chi connectivity index (χ4v) is 1.55. The Morgan fingerprint density at radius 3 is 2.69 bits per heavy atom. The fraction of sp³-hybridized carbons (Fsp3) is 0.273. The van der Waals surface area contributed by atoms with Crippen LogP contribution in [0.5, 0.6) is 6.01 Å². The highest BCUT2D eigenvalue weighted by atomic mass is 16.7. The van der Waals surface area contributed by atoms with Gasteiger partial charge in [-0.1, -0.05) is 10.8 Å². The van der Waals surface area contributed by atoms with E-state index in [9.17, 15) is 4.79 Å². The highest BCUT2D eigenvalue weighted by Crippen LogP contribution is 2.13. The van der Waals surface area contributed by atoms with Crippen LogP contribution in [0, 0.1) is 6.92 Å². The highest BCUT2D eigenvalue weighted by molar-refractivity contribution is 5.78. The molecule has 0 spiro atoms. The third kappa shape index (κ3) is 1.50. The van der Waals surface area contributed by atoms with E-state index in [0.717, 1.165) is 10.3 Å². The molecule has 1 aromatic carbocycles. The number of hydrogen-bond donors (Lipinski definition) is 0. The van der Waals surface area contributed by atoms with Gasteiger partial charge in [0.05, 0.1) is 18.0 Å². The summed E-state index contributed by atoms with van der Waals surface area (Å²) in [6, 6.07) is 5.57. The molecular formula is C11H12N2O3. The molecule has 0 aliphatic carbocycles. The molecular weight excluding hydrogens is 208 g/mol. The maximum Gasteiger partial charge on any atom is 0.334 e. The van der Waals surface area contributed by atoms with E-state index in [1.807, 2.05) is 19.1 Å². The van der Waals surface area contributed by atoms with Gasteiger partial charge in [-0.3, -0.25) is 4.79 Å². The van der Waals surface area contributed by atoms with Crippen LogP contribution < -0.4 is 15.1 Å². The lowest BCUT2D eigenvalue weighted by Gasteiger charge is -2.09. The zero-order chi connectivity index (χ0) is 11.7. The van der Waals surface area contributed by atoms with Crippen LogP contribution in [0.3, 0.4) is 0 Å². The summed E-state index contributed by atoms with van der Waals surface area (Å²) in [7, 11) is 2.84. The second-order valence-corrected chi connectivity index (χ2v) is 3.40. The molecule has 0 amide bonds. The van der Waals surface area contributed by atoms with Crippen molar-refractivity contribution in [3.63, 3.8) is 0 Å². The Labute approximate surface area is 92.2 Å². The van der Waals surface area contributed by atoms with E-state index in [1.165, 1.54) is 14.2 Å². The van der Waals surface area contributed by atoms with Gasteiger partial charge in [-0.05, 0) is 24.6 Å². The van der Waals surface area contributed by atoms with Crippen LogP contribution in [0.15, 0.2) is 23.0 Å². The number of nitrogens with zero attached hydrogens (tertiary/aromatic N) is 2. The average molecular weight is 220 g/mol. The van der Waals surface area contributed by atoms with Crippen molar-refractivity contribution in [3.05, 3.63) is 34.1 Å². The summed E-state index contributed by atoms with van der Waals surface area (Å²) < 4.78 is 6.02. The first-order chi connectivity index (χ1) is 7.67. The summed E-state index contributed by atoms with van der Waals surface area (Å²) in [5.41, 5.74) is 1.37. The number of aryl methyl sites for hydroxylation is 1. The van der Waals surface area contributed by atoms with Gasteiger partial charge in [0.15, 0.2) is 0 Å². The van der Waals surface area contributed by atoms with Gasteiger partial charge in [0, 0.05) is 0 Å². The van der Waals surface area contributed by atoms with Gasteiger partial charge < -0.3 is 9.57 Å². The van der Waals surface area contributed by atoms with Gasteiger partial charge in [0.1, 0.15) is 7.11 Å². The maximum atomic E-state index is 12.0. The number of rotatable bonds is 2. The molecule has 0 fully saturated rings. The van der Waals surface area contributed by atoms with E-state index in [0.29, 0.717) is 10.9 Å². The minimum atomic E-state index is -0.274. The van der Waals surface area contributed by atoms with Crippen molar-refractivity contribution >= 4 is 10.9 Å². The first-order valence-electron chi connectivity index (χ1n) is 4.79. The zero-order valence-electron chi connectivity index (χ0n) is 9.35. The van der Waals surface area contributed by atoms with Gasteiger partial charge in [0.2, 0.25) is 0 Å². The number of hydrogen-bond acceptors (Lipinski definition) is 4. The molecule has 0 aliphatic rings. The molecule has 0 saturated heterocycles. The summed E-state index contributed by atoms with van der Waals surface area (Å²) in [4.78, 5) is 21.1. The molecule has 16 heavy (non-hydrogen) atoms. The molecule has 0 bridgehead atoms. The number of ether oxygens (including phenoxy) is 1. The average Bonchev–Trinajstić information content (AvgIpc) is 2.28. The Kier molecular flexibility index (Phi) is 2.52. The first kappa shape index (κ1) is 10.5. The van der Waals surface area contributed by atoms with Crippen LogP contribution in [0.25, 0.3) is 10.9 Å². The molecule has 2 rings (SSSR count). The van der Waals surface area contributed by atoms with Crippen LogP contribution in [0.4, 0.5) is 0 Å². The lowest BCUT2D eigenvalue weighted by atomic mass is 10.2. The van der Waals surface area contributed by atoms with Crippen molar-refractivity contribution in [3.8, 4) is 6.01 Å². The second-order valence-electron chi connectivity index (χ2n) is 3.40. The number of methoxy groups -OCH3 is 1. The fourth-order valence-electron chi connectivity index (χ4n) is 1.55. The third-order valence-electron chi connectivity index (χ3n) is 2.32. The number of aromatic nitrogens is 2. The maximum absolute atomic E-state index is 12.0. The minimum absolute atomic E-state index is 0.144. The molecule has 1 heterocycles. The number of fused-ring (bicyclic) bond motifs is 1. The first-order valence-corrected chi connectivity index (χ1v) is 4.79. The van der Waals surface area contributed by atoms with Crippen LogP contribution >= 0.6 is 0 Å². The zero-order valence-corrected chi connectivity index (χ0v) is 9.35. The smallest absolute Gasteiger partial charge is 0.334 e. The van der Waals surface area contributed by atoms with Crippen molar-refractivity contribution in [1.29, 1.82) is 0 Å². The minimum Gasteiger partial charge on any atom is -0.466 e. The van der Waals surface area contributed by atoms with Gasteiger partial charge in [-0.25, -0.2) is 0 Å². The van der Waals surface area contributed by atoms with Gasteiger partial charge >= 0.3 is 6.01 Å². The van der Waals surface area contributed by atoms with Crippen LogP contribution in [0.2, 0.25) is 0 Å². The van der Waals surface area contributed by atoms with E-state index in [1.54, 1.807) is 6.07 Å². The molecule has 0 radical (unpaired) electrons. The van der Waals surface area contributed by atoms with E-state index in [2.05, 4.69) is 4.98 Å². The molecule has 0 saturated carbocycles. The molecule has 0 N–H and O–H groups in total. The predicted octanol–water partition coefficient (Wildman–Crippen LogP) is 0.772. The summed E-state index contributed by atoms with van der Waals surface area (Å²) in [6.45, 7) is 1.94. The summed E-state index contributed by atoms with van der Waals surface area (Å²) in [5, 5.41) is 0.508. The van der Waals surface area contributed by atoms with Gasteiger partial charge in [0.25, 0.3) is 5.56 Å². The Morgan fingerprint density at radius 1 is 1.31 bits per heavy atom. The quantitative estimate of drug-likeness (QED) is 0.750. The van der Waals surface area contributed by atoms with Gasteiger partial charge in [-0.15, -0.1) is 0 Å². The monoisotopic (exact) mass is 220 g/mol. The normalized spacial score (nSPS) is 10.4. The SMILES string of the molecule is COc1nc2cc(C)ccc2c(=O)n1OC. The molecule has 1 aromatic heterocycles.